The Morgan fingerprint density at radius 2 is 1.68 bits per heavy atom. The second kappa shape index (κ2) is 14.3. The third-order valence-electron chi connectivity index (χ3n) is 7.22. The van der Waals surface area contributed by atoms with E-state index in [1.54, 1.807) is 50.5 Å². The minimum absolute atomic E-state index is 0.0489. The van der Waals surface area contributed by atoms with Crippen molar-refractivity contribution in [2.75, 3.05) is 65.5 Å². The maximum absolute atomic E-state index is 13.4. The topological polar surface area (TPSA) is 97.3 Å². The Balaban J connectivity index is 1.40. The molecule has 0 atom stereocenters. The smallest absolute Gasteiger partial charge is 0.254 e. The highest BCUT2D eigenvalue weighted by molar-refractivity contribution is 5.96. The van der Waals surface area contributed by atoms with E-state index in [0.717, 1.165) is 37.2 Å². The van der Waals surface area contributed by atoms with E-state index in [1.807, 2.05) is 35.2 Å². The van der Waals surface area contributed by atoms with Gasteiger partial charge in [0.2, 0.25) is 5.91 Å². The number of nitrogens with zero attached hydrogens (tertiary/aromatic N) is 5. The maximum Gasteiger partial charge on any atom is 0.254 e. The van der Waals surface area contributed by atoms with Crippen molar-refractivity contribution in [2.24, 2.45) is 0 Å². The molecule has 10 nitrogen and oxygen atoms in total. The molecule has 1 aliphatic rings. The van der Waals surface area contributed by atoms with Gasteiger partial charge < -0.3 is 28.9 Å². The van der Waals surface area contributed by atoms with Crippen molar-refractivity contribution < 1.29 is 23.8 Å². The van der Waals surface area contributed by atoms with E-state index in [2.05, 4.69) is 22.0 Å². The van der Waals surface area contributed by atoms with Crippen LogP contribution < -0.4 is 19.1 Å². The van der Waals surface area contributed by atoms with Crippen LogP contribution in [0.15, 0.2) is 54.6 Å². The van der Waals surface area contributed by atoms with Crippen LogP contribution >= 0.6 is 0 Å². The average Bonchev–Trinajstić information content (AvgIpc) is 3.29. The summed E-state index contributed by atoms with van der Waals surface area (Å²) >= 11 is 0. The van der Waals surface area contributed by atoms with Crippen LogP contribution in [-0.2, 0) is 4.79 Å². The van der Waals surface area contributed by atoms with Gasteiger partial charge in [0.25, 0.3) is 5.91 Å². The lowest BCUT2D eigenvalue weighted by atomic mass is 10.1. The Morgan fingerprint density at radius 1 is 0.878 bits per heavy atom. The summed E-state index contributed by atoms with van der Waals surface area (Å²) in [6.07, 6.45) is 2.55. The second-order valence-electron chi connectivity index (χ2n) is 9.88. The molecule has 218 valence electrons. The Bertz CT molecular complexity index is 1320. The van der Waals surface area contributed by atoms with Crippen molar-refractivity contribution in [1.29, 1.82) is 0 Å². The highest BCUT2D eigenvalue weighted by atomic mass is 16.5. The van der Waals surface area contributed by atoms with Gasteiger partial charge >= 0.3 is 0 Å². The highest BCUT2D eigenvalue weighted by Crippen LogP contribution is 2.32. The van der Waals surface area contributed by atoms with Crippen LogP contribution in [0.5, 0.6) is 17.2 Å². The minimum Gasteiger partial charge on any atom is -0.497 e. The molecule has 10 heteroatoms. The zero-order valence-corrected chi connectivity index (χ0v) is 24.3. The number of hydrogen-bond acceptors (Lipinski definition) is 8. The van der Waals surface area contributed by atoms with E-state index in [-0.39, 0.29) is 18.4 Å². The van der Waals surface area contributed by atoms with E-state index in [1.165, 1.54) is 0 Å². The van der Waals surface area contributed by atoms with Crippen molar-refractivity contribution in [3.63, 3.8) is 0 Å². The van der Waals surface area contributed by atoms with Crippen LogP contribution in [0.4, 0.5) is 5.82 Å². The van der Waals surface area contributed by atoms with Gasteiger partial charge in [-0.25, -0.2) is 0 Å². The number of hydrogen-bond donors (Lipinski definition) is 0. The van der Waals surface area contributed by atoms with Crippen LogP contribution in [0.2, 0.25) is 0 Å². The number of methoxy groups -OCH3 is 3. The Kier molecular flexibility index (Phi) is 10.4. The Labute approximate surface area is 241 Å². The molecule has 0 aliphatic carbocycles. The van der Waals surface area contributed by atoms with Gasteiger partial charge in [-0.1, -0.05) is 19.4 Å². The summed E-state index contributed by atoms with van der Waals surface area (Å²) in [7, 11) is 4.80. The largest absolute Gasteiger partial charge is 0.497 e. The summed E-state index contributed by atoms with van der Waals surface area (Å²) in [5.41, 5.74) is 2.05. The molecule has 0 radical (unpaired) electrons. The quantitative estimate of drug-likeness (QED) is 0.345. The number of aromatic nitrogens is 2. The number of ether oxygens (including phenoxy) is 3. The number of carbonyl (C=O) groups excluding carboxylic acids is 2. The normalized spacial score (nSPS) is 13.4. The molecule has 0 spiro atoms. The summed E-state index contributed by atoms with van der Waals surface area (Å²) < 4.78 is 16.1. The zero-order valence-electron chi connectivity index (χ0n) is 24.3. The lowest BCUT2D eigenvalue weighted by molar-refractivity contribution is -0.131. The lowest BCUT2D eigenvalue weighted by Crippen LogP contribution is -2.44. The summed E-state index contributed by atoms with van der Waals surface area (Å²) in [4.78, 5) is 32.3. The standard InChI is InChI=1S/C31H39N5O5/c1-5-6-15-36(31(38)23-9-7-10-24(20-23)39-2)22-30(37)35-17-8-16-34(18-19-35)29-14-13-27(32-33-29)26-12-11-25(40-3)21-28(26)41-4/h7,9-14,20-21H,5-6,8,15-19,22H2,1-4H3. The van der Waals surface area contributed by atoms with Gasteiger partial charge in [0, 0.05) is 49.9 Å². The highest BCUT2D eigenvalue weighted by Gasteiger charge is 2.25. The van der Waals surface area contributed by atoms with Crippen molar-refractivity contribution in [3.8, 4) is 28.5 Å². The molecular weight excluding hydrogens is 522 g/mol. The monoisotopic (exact) mass is 561 g/mol. The van der Waals surface area contributed by atoms with Crippen LogP contribution in [0.25, 0.3) is 11.3 Å². The third-order valence-corrected chi connectivity index (χ3v) is 7.22. The Morgan fingerprint density at radius 3 is 2.39 bits per heavy atom. The first-order valence-corrected chi connectivity index (χ1v) is 14.0. The van der Waals surface area contributed by atoms with Crippen molar-refractivity contribution in [3.05, 3.63) is 60.2 Å². The van der Waals surface area contributed by atoms with Crippen LogP contribution in [0.3, 0.4) is 0 Å². The van der Waals surface area contributed by atoms with Crippen LogP contribution in [0.1, 0.15) is 36.5 Å². The molecule has 0 N–H and O–H groups in total. The van der Waals surface area contributed by atoms with E-state index < -0.39 is 0 Å². The van der Waals surface area contributed by atoms with Gasteiger partial charge in [-0.05, 0) is 55.3 Å². The number of unbranched alkanes of at least 4 members (excludes halogenated alkanes) is 1. The van der Waals surface area contributed by atoms with Crippen LogP contribution in [-0.4, -0.2) is 92.4 Å². The molecule has 2 amide bonds. The SMILES string of the molecule is CCCCN(CC(=O)N1CCCN(c2ccc(-c3ccc(OC)cc3OC)nn2)CC1)C(=O)c1cccc(OC)c1. The van der Waals surface area contributed by atoms with Gasteiger partial charge in [0.05, 0.1) is 27.0 Å². The average molecular weight is 562 g/mol. The maximum atomic E-state index is 13.4. The molecule has 0 saturated carbocycles. The van der Waals surface area contributed by atoms with Gasteiger partial charge in [-0.3, -0.25) is 9.59 Å². The fourth-order valence-corrected chi connectivity index (χ4v) is 4.85. The molecule has 1 aliphatic heterocycles. The predicted octanol–water partition coefficient (Wildman–Crippen LogP) is 4.15. The Hall–Kier alpha value is -4.34. The van der Waals surface area contributed by atoms with E-state index in [9.17, 15) is 9.59 Å². The van der Waals surface area contributed by atoms with Crippen molar-refractivity contribution >= 4 is 17.6 Å². The number of anilines is 1. The molecule has 41 heavy (non-hydrogen) atoms. The van der Waals surface area contributed by atoms with Crippen molar-refractivity contribution in [1.82, 2.24) is 20.0 Å². The molecule has 1 saturated heterocycles. The minimum atomic E-state index is -0.161. The molecule has 0 bridgehead atoms. The molecule has 2 heterocycles. The van der Waals surface area contributed by atoms with E-state index in [4.69, 9.17) is 14.2 Å². The first-order chi connectivity index (χ1) is 20.0. The first kappa shape index (κ1) is 29.6. The first-order valence-electron chi connectivity index (χ1n) is 14.0. The number of benzene rings is 2. The molecule has 1 fully saturated rings. The van der Waals surface area contributed by atoms with Gasteiger partial charge in [-0.15, -0.1) is 10.2 Å². The summed E-state index contributed by atoms with van der Waals surface area (Å²) in [5, 5.41) is 8.94. The third kappa shape index (κ3) is 7.45. The second-order valence-corrected chi connectivity index (χ2v) is 9.88. The molecule has 1 aromatic heterocycles. The van der Waals surface area contributed by atoms with Crippen LogP contribution in [0, 0.1) is 0 Å². The van der Waals surface area contributed by atoms with E-state index in [0.29, 0.717) is 54.7 Å². The molecular formula is C31H39N5O5. The zero-order chi connectivity index (χ0) is 29.2. The fraction of sp³-hybridized carbons (Fsp3) is 0.419. The molecule has 3 aromatic rings. The summed E-state index contributed by atoms with van der Waals surface area (Å²) in [5.74, 6) is 2.53. The number of amides is 2. The summed E-state index contributed by atoms with van der Waals surface area (Å²) in [6.45, 7) is 5.20. The molecule has 2 aromatic carbocycles. The molecule has 4 rings (SSSR count). The number of rotatable bonds is 11. The van der Waals surface area contributed by atoms with Gasteiger partial charge in [-0.2, -0.15) is 0 Å². The summed E-state index contributed by atoms with van der Waals surface area (Å²) in [6, 6.07) is 16.5. The fourth-order valence-electron chi connectivity index (χ4n) is 4.85. The predicted molar refractivity (Wildman–Crippen MR) is 158 cm³/mol. The lowest BCUT2D eigenvalue weighted by Gasteiger charge is -2.27. The van der Waals surface area contributed by atoms with Crippen molar-refractivity contribution in [2.45, 2.75) is 26.2 Å². The molecule has 0 unspecified atom stereocenters. The van der Waals surface area contributed by atoms with Gasteiger partial charge in [0.15, 0.2) is 5.82 Å². The number of carbonyl (C=O) groups is 2. The van der Waals surface area contributed by atoms with Gasteiger partial charge in [0.1, 0.15) is 23.8 Å². The van der Waals surface area contributed by atoms with E-state index >= 15 is 0 Å².